The van der Waals surface area contributed by atoms with Crippen molar-refractivity contribution in [3.63, 3.8) is 0 Å². The Bertz CT molecular complexity index is 619. The highest BCUT2D eigenvalue weighted by molar-refractivity contribution is 9.10. The summed E-state index contributed by atoms with van der Waals surface area (Å²) >= 11 is 3.37. The molecule has 1 amide bonds. The molecule has 0 spiro atoms. The molecule has 0 aromatic carbocycles. The van der Waals surface area contributed by atoms with E-state index >= 15 is 0 Å². The number of anilines is 1. The van der Waals surface area contributed by atoms with Gasteiger partial charge in [0.2, 0.25) is 11.9 Å². The van der Waals surface area contributed by atoms with E-state index in [1.54, 1.807) is 12.4 Å². The van der Waals surface area contributed by atoms with Gasteiger partial charge in [0.15, 0.2) is 0 Å². The standard InChI is InChI=1S/C18H26BrN5O2/c19-14-11-20-18(21-12-14)23-7-5-22(6-8-23)13-17(25)24-9-10-26-16-4-2-1-3-15(16)24/h11-12,15-16H,1-10,13H2/t15-,16-/m1/s1. The third kappa shape index (κ3) is 4.02. The zero-order valence-corrected chi connectivity index (χ0v) is 16.6. The van der Waals surface area contributed by atoms with Crippen molar-refractivity contribution in [3.05, 3.63) is 16.9 Å². The van der Waals surface area contributed by atoms with E-state index in [2.05, 4.69) is 40.6 Å². The summed E-state index contributed by atoms with van der Waals surface area (Å²) in [5.41, 5.74) is 0. The van der Waals surface area contributed by atoms with Crippen molar-refractivity contribution >= 4 is 27.8 Å². The molecule has 1 aromatic rings. The van der Waals surface area contributed by atoms with Crippen LogP contribution in [0.15, 0.2) is 16.9 Å². The Morgan fingerprint density at radius 3 is 2.62 bits per heavy atom. The number of hydrogen-bond acceptors (Lipinski definition) is 6. The maximum Gasteiger partial charge on any atom is 0.237 e. The summed E-state index contributed by atoms with van der Waals surface area (Å²) in [5.74, 6) is 1.02. The molecule has 1 aliphatic carbocycles. The first-order valence-electron chi connectivity index (χ1n) is 9.56. The number of aromatic nitrogens is 2. The van der Waals surface area contributed by atoms with Gasteiger partial charge in [0.1, 0.15) is 0 Å². The van der Waals surface area contributed by atoms with Gasteiger partial charge >= 0.3 is 0 Å². The number of ether oxygens (including phenoxy) is 1. The van der Waals surface area contributed by atoms with E-state index in [4.69, 9.17) is 4.74 Å². The minimum Gasteiger partial charge on any atom is -0.374 e. The van der Waals surface area contributed by atoms with Crippen LogP contribution in [0.25, 0.3) is 0 Å². The third-order valence-corrected chi connectivity index (χ3v) is 6.08. The normalized spacial score (nSPS) is 27.3. The van der Waals surface area contributed by atoms with Gasteiger partial charge in [-0.15, -0.1) is 0 Å². The lowest BCUT2D eigenvalue weighted by Gasteiger charge is -2.44. The van der Waals surface area contributed by atoms with Crippen LogP contribution in [0.3, 0.4) is 0 Å². The Hall–Kier alpha value is -1.25. The first-order valence-corrected chi connectivity index (χ1v) is 10.4. The maximum atomic E-state index is 12.9. The highest BCUT2D eigenvalue weighted by Gasteiger charge is 2.37. The van der Waals surface area contributed by atoms with Gasteiger partial charge in [-0.05, 0) is 28.8 Å². The molecule has 3 fully saturated rings. The van der Waals surface area contributed by atoms with Crippen molar-refractivity contribution in [1.82, 2.24) is 19.8 Å². The fourth-order valence-corrected chi connectivity index (χ4v) is 4.47. The number of carbonyl (C=O) groups excluding carboxylic acids is 1. The topological polar surface area (TPSA) is 61.8 Å². The van der Waals surface area contributed by atoms with E-state index in [0.29, 0.717) is 19.2 Å². The monoisotopic (exact) mass is 423 g/mol. The Labute approximate surface area is 162 Å². The smallest absolute Gasteiger partial charge is 0.237 e. The molecular weight excluding hydrogens is 398 g/mol. The number of carbonyl (C=O) groups is 1. The van der Waals surface area contributed by atoms with Crippen LogP contribution < -0.4 is 4.90 Å². The minimum absolute atomic E-state index is 0.257. The van der Waals surface area contributed by atoms with Crippen LogP contribution in [0.4, 0.5) is 5.95 Å². The van der Waals surface area contributed by atoms with Crippen LogP contribution in [0.2, 0.25) is 0 Å². The van der Waals surface area contributed by atoms with Crippen LogP contribution in [-0.4, -0.2) is 83.7 Å². The van der Waals surface area contributed by atoms with Gasteiger partial charge < -0.3 is 14.5 Å². The molecule has 2 aliphatic heterocycles. The summed E-state index contributed by atoms with van der Waals surface area (Å²) in [6.07, 6.45) is 8.43. The lowest BCUT2D eigenvalue weighted by Crippen LogP contribution is -2.58. The van der Waals surface area contributed by atoms with Crippen molar-refractivity contribution < 1.29 is 9.53 Å². The van der Waals surface area contributed by atoms with Crippen molar-refractivity contribution in [2.24, 2.45) is 0 Å². The van der Waals surface area contributed by atoms with E-state index < -0.39 is 0 Å². The van der Waals surface area contributed by atoms with Crippen molar-refractivity contribution in [2.45, 2.75) is 37.8 Å². The molecule has 3 heterocycles. The number of piperazine rings is 1. The number of morpholine rings is 1. The third-order valence-electron chi connectivity index (χ3n) is 5.67. The first kappa shape index (κ1) is 18.1. The summed E-state index contributed by atoms with van der Waals surface area (Å²) < 4.78 is 6.78. The Balaban J connectivity index is 1.29. The average Bonchev–Trinajstić information content (AvgIpc) is 2.69. The van der Waals surface area contributed by atoms with Gasteiger partial charge in [0.05, 0.1) is 29.8 Å². The van der Waals surface area contributed by atoms with Gasteiger partial charge in [-0.25, -0.2) is 9.97 Å². The van der Waals surface area contributed by atoms with Gasteiger partial charge in [-0.2, -0.15) is 0 Å². The van der Waals surface area contributed by atoms with E-state index in [-0.39, 0.29) is 12.0 Å². The van der Waals surface area contributed by atoms with Crippen molar-refractivity contribution in [3.8, 4) is 0 Å². The molecule has 142 valence electrons. The fourth-order valence-electron chi connectivity index (χ4n) is 4.26. The molecule has 0 radical (unpaired) electrons. The zero-order chi connectivity index (χ0) is 17.9. The number of nitrogens with zero attached hydrogens (tertiary/aromatic N) is 5. The van der Waals surface area contributed by atoms with Crippen LogP contribution in [0, 0.1) is 0 Å². The lowest BCUT2D eigenvalue weighted by atomic mass is 9.90. The summed E-state index contributed by atoms with van der Waals surface area (Å²) in [6.45, 7) is 5.37. The summed E-state index contributed by atoms with van der Waals surface area (Å²) in [6, 6.07) is 0.294. The lowest BCUT2D eigenvalue weighted by molar-refractivity contribution is -0.150. The fraction of sp³-hybridized carbons (Fsp3) is 0.722. The second-order valence-corrected chi connectivity index (χ2v) is 8.23. The van der Waals surface area contributed by atoms with Gasteiger partial charge in [-0.3, -0.25) is 9.69 Å². The molecular formula is C18H26BrN5O2. The molecule has 1 saturated carbocycles. The molecule has 1 aromatic heterocycles. The van der Waals surface area contributed by atoms with E-state index in [9.17, 15) is 4.79 Å². The van der Waals surface area contributed by atoms with Gasteiger partial charge in [-0.1, -0.05) is 12.8 Å². The quantitative estimate of drug-likeness (QED) is 0.734. The summed E-state index contributed by atoms with van der Waals surface area (Å²) in [5, 5.41) is 0. The number of fused-ring (bicyclic) bond motifs is 1. The van der Waals surface area contributed by atoms with Gasteiger partial charge in [0, 0.05) is 45.1 Å². The number of rotatable bonds is 3. The van der Waals surface area contributed by atoms with Crippen molar-refractivity contribution in [2.75, 3.05) is 50.8 Å². The highest BCUT2D eigenvalue weighted by Crippen LogP contribution is 2.28. The van der Waals surface area contributed by atoms with E-state index in [0.717, 1.165) is 56.0 Å². The maximum absolute atomic E-state index is 12.9. The molecule has 0 N–H and O–H groups in total. The largest absolute Gasteiger partial charge is 0.374 e. The SMILES string of the molecule is O=C(CN1CCN(c2ncc(Br)cn2)CC1)N1CCO[C@@H]2CCCC[C@H]21. The molecule has 2 atom stereocenters. The first-order chi connectivity index (χ1) is 12.7. The molecule has 7 nitrogen and oxygen atoms in total. The summed E-state index contributed by atoms with van der Waals surface area (Å²) in [7, 11) is 0. The predicted molar refractivity (Wildman–Crippen MR) is 102 cm³/mol. The van der Waals surface area contributed by atoms with Crippen molar-refractivity contribution in [1.29, 1.82) is 0 Å². The van der Waals surface area contributed by atoms with Crippen LogP contribution >= 0.6 is 15.9 Å². The highest BCUT2D eigenvalue weighted by atomic mass is 79.9. The predicted octanol–water partition coefficient (Wildman–Crippen LogP) is 1.53. The van der Waals surface area contributed by atoms with Crippen LogP contribution in [0.5, 0.6) is 0 Å². The van der Waals surface area contributed by atoms with Gasteiger partial charge in [0.25, 0.3) is 0 Å². The Morgan fingerprint density at radius 1 is 1.12 bits per heavy atom. The number of amides is 1. The van der Waals surface area contributed by atoms with Crippen LogP contribution in [-0.2, 0) is 9.53 Å². The second kappa shape index (κ2) is 8.19. The minimum atomic E-state index is 0.257. The average molecular weight is 424 g/mol. The molecule has 2 saturated heterocycles. The summed E-state index contributed by atoms with van der Waals surface area (Å²) in [4.78, 5) is 28.2. The van der Waals surface area contributed by atoms with E-state index in [1.807, 2.05) is 0 Å². The number of hydrogen-bond donors (Lipinski definition) is 0. The molecule has 4 rings (SSSR count). The number of halogens is 1. The Morgan fingerprint density at radius 2 is 1.85 bits per heavy atom. The molecule has 3 aliphatic rings. The second-order valence-electron chi connectivity index (χ2n) is 7.31. The van der Waals surface area contributed by atoms with Crippen LogP contribution in [0.1, 0.15) is 25.7 Å². The zero-order valence-electron chi connectivity index (χ0n) is 15.0. The molecule has 0 bridgehead atoms. The Kier molecular flexibility index (Phi) is 5.71. The molecule has 26 heavy (non-hydrogen) atoms. The molecule has 8 heteroatoms. The molecule has 0 unspecified atom stereocenters. The van der Waals surface area contributed by atoms with E-state index in [1.165, 1.54) is 12.8 Å².